The lowest BCUT2D eigenvalue weighted by atomic mass is 9.91. The Morgan fingerprint density at radius 3 is 3.27 bits per heavy atom. The van der Waals surface area contributed by atoms with Gasteiger partial charge < -0.3 is 4.74 Å². The number of carbonyl (C=O) groups excluding carboxylic acids is 1. The maximum absolute atomic E-state index is 11.0. The molecule has 2 heteroatoms. The van der Waals surface area contributed by atoms with E-state index in [1.54, 1.807) is 6.08 Å². The predicted molar refractivity (Wildman–Crippen MR) is 41.0 cm³/mol. The molecule has 0 N–H and O–H groups in total. The molecule has 1 heterocycles. The first-order chi connectivity index (χ1) is 5.25. The van der Waals surface area contributed by atoms with E-state index in [1.165, 1.54) is 0 Å². The van der Waals surface area contributed by atoms with Gasteiger partial charge in [-0.05, 0) is 19.8 Å². The standard InChI is InChI=1S/C9H12O2/c1-6-4-7-2-3-8(10)5-9(7)11-6/h5-7H,2-4H2,1H3. The monoisotopic (exact) mass is 152 g/mol. The van der Waals surface area contributed by atoms with Crippen LogP contribution in [0.25, 0.3) is 0 Å². The van der Waals surface area contributed by atoms with E-state index in [9.17, 15) is 4.79 Å². The van der Waals surface area contributed by atoms with Crippen LogP contribution < -0.4 is 0 Å². The summed E-state index contributed by atoms with van der Waals surface area (Å²) in [5.74, 6) is 1.71. The van der Waals surface area contributed by atoms with Crippen LogP contribution in [0, 0.1) is 5.92 Å². The van der Waals surface area contributed by atoms with Gasteiger partial charge in [0.25, 0.3) is 0 Å². The number of allylic oxidation sites excluding steroid dienone is 2. The molecule has 0 bridgehead atoms. The molecule has 0 saturated carbocycles. The molecule has 2 rings (SSSR count). The van der Waals surface area contributed by atoms with E-state index in [-0.39, 0.29) is 5.78 Å². The van der Waals surface area contributed by atoms with Crippen molar-refractivity contribution in [1.82, 2.24) is 0 Å². The first kappa shape index (κ1) is 6.89. The van der Waals surface area contributed by atoms with Crippen molar-refractivity contribution in [3.63, 3.8) is 0 Å². The summed E-state index contributed by atoms with van der Waals surface area (Å²) in [6, 6.07) is 0. The van der Waals surface area contributed by atoms with Gasteiger partial charge >= 0.3 is 0 Å². The molecule has 1 fully saturated rings. The van der Waals surface area contributed by atoms with Crippen LogP contribution in [-0.4, -0.2) is 11.9 Å². The second kappa shape index (κ2) is 2.36. The number of ether oxygens (including phenoxy) is 1. The SMILES string of the molecule is CC1CC2CCC(=O)C=C2O1. The van der Waals surface area contributed by atoms with Crippen molar-refractivity contribution >= 4 is 5.78 Å². The lowest BCUT2D eigenvalue weighted by Gasteiger charge is -2.12. The van der Waals surface area contributed by atoms with Crippen LogP contribution in [-0.2, 0) is 9.53 Å². The van der Waals surface area contributed by atoms with Crippen LogP contribution in [0.15, 0.2) is 11.8 Å². The van der Waals surface area contributed by atoms with Gasteiger partial charge in [0.05, 0.1) is 6.10 Å². The van der Waals surface area contributed by atoms with Crippen LogP contribution >= 0.6 is 0 Å². The molecule has 11 heavy (non-hydrogen) atoms. The van der Waals surface area contributed by atoms with Crippen LogP contribution in [0.5, 0.6) is 0 Å². The highest BCUT2D eigenvalue weighted by atomic mass is 16.5. The normalized spacial score (nSPS) is 36.1. The molecule has 2 nitrogen and oxygen atoms in total. The summed E-state index contributed by atoms with van der Waals surface area (Å²) in [4.78, 5) is 11.0. The number of ketones is 1. The van der Waals surface area contributed by atoms with Gasteiger partial charge in [0.15, 0.2) is 5.78 Å². The third-order valence-electron chi connectivity index (χ3n) is 2.40. The number of hydrogen-bond donors (Lipinski definition) is 0. The first-order valence-corrected chi connectivity index (χ1v) is 4.17. The second-order valence-corrected chi connectivity index (χ2v) is 3.41. The highest BCUT2D eigenvalue weighted by Crippen LogP contribution is 2.35. The van der Waals surface area contributed by atoms with Crippen molar-refractivity contribution < 1.29 is 9.53 Å². The Hall–Kier alpha value is -0.790. The molecular weight excluding hydrogens is 140 g/mol. The average molecular weight is 152 g/mol. The summed E-state index contributed by atoms with van der Waals surface area (Å²) < 4.78 is 5.48. The summed E-state index contributed by atoms with van der Waals surface area (Å²) in [7, 11) is 0. The zero-order valence-electron chi connectivity index (χ0n) is 6.67. The van der Waals surface area contributed by atoms with E-state index >= 15 is 0 Å². The smallest absolute Gasteiger partial charge is 0.159 e. The molecule has 1 saturated heterocycles. The lowest BCUT2D eigenvalue weighted by molar-refractivity contribution is -0.115. The minimum atomic E-state index is 0.227. The first-order valence-electron chi connectivity index (χ1n) is 4.17. The van der Waals surface area contributed by atoms with E-state index in [0.717, 1.165) is 18.6 Å². The molecule has 2 aliphatic rings. The van der Waals surface area contributed by atoms with Gasteiger partial charge in [-0.2, -0.15) is 0 Å². The quantitative estimate of drug-likeness (QED) is 0.527. The second-order valence-electron chi connectivity index (χ2n) is 3.41. The Balaban J connectivity index is 2.20. The van der Waals surface area contributed by atoms with Crippen LogP contribution in [0.1, 0.15) is 26.2 Å². The highest BCUT2D eigenvalue weighted by molar-refractivity contribution is 5.91. The lowest BCUT2D eigenvalue weighted by Crippen LogP contribution is -2.09. The van der Waals surface area contributed by atoms with Crippen molar-refractivity contribution in [2.75, 3.05) is 0 Å². The average Bonchev–Trinajstić information content (AvgIpc) is 2.27. The molecule has 2 atom stereocenters. The fraction of sp³-hybridized carbons (Fsp3) is 0.667. The molecule has 0 aromatic rings. The summed E-state index contributed by atoms with van der Waals surface area (Å²) in [6.07, 6.45) is 4.80. The summed E-state index contributed by atoms with van der Waals surface area (Å²) >= 11 is 0. The maximum atomic E-state index is 11.0. The molecule has 1 aliphatic heterocycles. The fourth-order valence-electron chi connectivity index (χ4n) is 1.85. The molecule has 2 unspecified atom stereocenters. The number of fused-ring (bicyclic) bond motifs is 1. The largest absolute Gasteiger partial charge is 0.495 e. The number of carbonyl (C=O) groups is 1. The van der Waals surface area contributed by atoms with E-state index in [1.807, 2.05) is 0 Å². The molecule has 0 aromatic heterocycles. The van der Waals surface area contributed by atoms with Crippen molar-refractivity contribution in [1.29, 1.82) is 0 Å². The van der Waals surface area contributed by atoms with Gasteiger partial charge in [0, 0.05) is 18.4 Å². The van der Waals surface area contributed by atoms with Crippen LogP contribution in [0.3, 0.4) is 0 Å². The summed E-state index contributed by atoms with van der Waals surface area (Å²) in [5, 5.41) is 0. The van der Waals surface area contributed by atoms with Crippen molar-refractivity contribution in [2.45, 2.75) is 32.3 Å². The molecule has 1 aliphatic carbocycles. The summed E-state index contributed by atoms with van der Waals surface area (Å²) in [5.41, 5.74) is 0. The van der Waals surface area contributed by atoms with Gasteiger partial charge in [-0.3, -0.25) is 4.79 Å². The zero-order valence-corrected chi connectivity index (χ0v) is 6.67. The Kier molecular flexibility index (Phi) is 1.48. The summed E-state index contributed by atoms with van der Waals surface area (Å²) in [6.45, 7) is 2.06. The molecule has 0 amide bonds. The van der Waals surface area contributed by atoms with Crippen molar-refractivity contribution in [3.8, 4) is 0 Å². The molecule has 60 valence electrons. The van der Waals surface area contributed by atoms with Gasteiger partial charge in [-0.15, -0.1) is 0 Å². The Morgan fingerprint density at radius 1 is 1.64 bits per heavy atom. The van der Waals surface area contributed by atoms with Gasteiger partial charge in [0.2, 0.25) is 0 Å². The number of rotatable bonds is 0. The Morgan fingerprint density at radius 2 is 2.45 bits per heavy atom. The van der Waals surface area contributed by atoms with Crippen LogP contribution in [0.2, 0.25) is 0 Å². The minimum absolute atomic E-state index is 0.227. The van der Waals surface area contributed by atoms with Crippen LogP contribution in [0.4, 0.5) is 0 Å². The maximum Gasteiger partial charge on any atom is 0.159 e. The number of hydrogen-bond acceptors (Lipinski definition) is 2. The van der Waals surface area contributed by atoms with Crippen molar-refractivity contribution in [2.24, 2.45) is 5.92 Å². The van der Waals surface area contributed by atoms with Gasteiger partial charge in [-0.1, -0.05) is 0 Å². The van der Waals surface area contributed by atoms with E-state index in [0.29, 0.717) is 18.4 Å². The van der Waals surface area contributed by atoms with Gasteiger partial charge in [0.1, 0.15) is 5.76 Å². The molecular formula is C9H12O2. The molecule has 0 aromatic carbocycles. The molecule has 0 radical (unpaired) electrons. The Labute approximate surface area is 66.2 Å². The van der Waals surface area contributed by atoms with Gasteiger partial charge in [-0.25, -0.2) is 0 Å². The highest BCUT2D eigenvalue weighted by Gasteiger charge is 2.31. The van der Waals surface area contributed by atoms with Crippen molar-refractivity contribution in [3.05, 3.63) is 11.8 Å². The van der Waals surface area contributed by atoms with E-state index in [4.69, 9.17) is 4.74 Å². The predicted octanol–water partition coefficient (Wildman–Crippen LogP) is 1.66. The molecule has 0 spiro atoms. The minimum Gasteiger partial charge on any atom is -0.495 e. The third kappa shape index (κ3) is 1.17. The topological polar surface area (TPSA) is 26.3 Å². The third-order valence-corrected chi connectivity index (χ3v) is 2.40. The Bertz CT molecular complexity index is 218. The van der Waals surface area contributed by atoms with E-state index in [2.05, 4.69) is 6.92 Å². The fourth-order valence-corrected chi connectivity index (χ4v) is 1.85. The van der Waals surface area contributed by atoms with E-state index < -0.39 is 0 Å². The zero-order chi connectivity index (χ0) is 7.84.